The van der Waals surface area contributed by atoms with Gasteiger partial charge in [0.1, 0.15) is 30.3 Å². The molecule has 0 saturated carbocycles. The van der Waals surface area contributed by atoms with Crippen molar-refractivity contribution in [2.45, 2.75) is 13.3 Å². The monoisotopic (exact) mass is 490 g/mol. The van der Waals surface area contributed by atoms with E-state index >= 15 is 0 Å². The first-order valence-corrected chi connectivity index (χ1v) is 11.4. The molecule has 3 aromatic carbocycles. The molecule has 1 aliphatic heterocycles. The van der Waals surface area contributed by atoms with E-state index in [0.29, 0.717) is 41.0 Å². The molecule has 4 amide bonds. The van der Waals surface area contributed by atoms with Crippen LogP contribution in [0.15, 0.2) is 78.4 Å². The molecule has 7 nitrogen and oxygen atoms in total. The van der Waals surface area contributed by atoms with Crippen LogP contribution in [0.3, 0.4) is 0 Å². The normalized spacial score (nSPS) is 14.7. The molecule has 1 N–H and O–H groups in total. The van der Waals surface area contributed by atoms with Crippen LogP contribution < -0.4 is 19.7 Å². The number of amides is 4. The number of barbiturate groups is 1. The quantitative estimate of drug-likeness (QED) is 0.272. The van der Waals surface area contributed by atoms with E-state index in [2.05, 4.69) is 5.32 Å². The van der Waals surface area contributed by atoms with Crippen LogP contribution in [0.1, 0.15) is 18.1 Å². The Morgan fingerprint density at radius 1 is 0.886 bits per heavy atom. The van der Waals surface area contributed by atoms with E-state index in [1.807, 2.05) is 31.2 Å². The topological polar surface area (TPSA) is 84.9 Å². The predicted octanol–water partition coefficient (Wildman–Crippen LogP) is 5.03. The van der Waals surface area contributed by atoms with Crippen LogP contribution >= 0.6 is 11.6 Å². The maximum absolute atomic E-state index is 13.0. The number of nitrogens with one attached hydrogen (secondary N) is 1. The van der Waals surface area contributed by atoms with Crippen LogP contribution in [-0.4, -0.2) is 31.1 Å². The summed E-state index contributed by atoms with van der Waals surface area (Å²) in [5.74, 6) is -0.232. The molecule has 1 fully saturated rings. The number of carbonyl (C=O) groups is 3. The minimum atomic E-state index is -0.774. The summed E-state index contributed by atoms with van der Waals surface area (Å²) in [5, 5.41) is 2.76. The third kappa shape index (κ3) is 5.70. The fourth-order valence-corrected chi connectivity index (χ4v) is 3.66. The Hall–Kier alpha value is -4.10. The van der Waals surface area contributed by atoms with Crippen LogP contribution in [0.5, 0.6) is 11.5 Å². The number of halogens is 1. The molecule has 0 aromatic heterocycles. The minimum absolute atomic E-state index is 0.133. The van der Waals surface area contributed by atoms with Crippen LogP contribution in [0.25, 0.3) is 6.08 Å². The zero-order valence-electron chi connectivity index (χ0n) is 19.0. The van der Waals surface area contributed by atoms with Crippen LogP contribution in [0.4, 0.5) is 10.5 Å². The molecule has 0 unspecified atom stereocenters. The molecular formula is C27H23ClN2O5. The van der Waals surface area contributed by atoms with Crippen molar-refractivity contribution in [3.8, 4) is 11.5 Å². The number of rotatable bonds is 8. The summed E-state index contributed by atoms with van der Waals surface area (Å²) in [6, 6.07) is 20.3. The first-order chi connectivity index (χ1) is 17.0. The van der Waals surface area contributed by atoms with Crippen molar-refractivity contribution in [1.82, 2.24) is 5.32 Å². The van der Waals surface area contributed by atoms with Gasteiger partial charge in [-0.25, -0.2) is 9.69 Å². The van der Waals surface area contributed by atoms with Gasteiger partial charge in [-0.05, 0) is 60.0 Å². The Kier molecular flexibility index (Phi) is 7.48. The van der Waals surface area contributed by atoms with Crippen molar-refractivity contribution in [1.29, 1.82) is 0 Å². The average Bonchev–Trinajstić information content (AvgIpc) is 2.86. The number of benzene rings is 3. The molecule has 1 heterocycles. The Labute approximate surface area is 207 Å². The maximum atomic E-state index is 13.0. The number of ether oxygens (including phenoxy) is 2. The lowest BCUT2D eigenvalue weighted by molar-refractivity contribution is -0.122. The van der Waals surface area contributed by atoms with Gasteiger partial charge < -0.3 is 9.47 Å². The van der Waals surface area contributed by atoms with E-state index in [9.17, 15) is 14.4 Å². The van der Waals surface area contributed by atoms with E-state index in [4.69, 9.17) is 21.1 Å². The van der Waals surface area contributed by atoms with Gasteiger partial charge in [0.25, 0.3) is 11.8 Å². The molecule has 3 aromatic rings. The number of para-hydroxylation sites is 1. The number of carbonyl (C=O) groups excluding carboxylic acids is 3. The molecule has 4 rings (SSSR count). The second kappa shape index (κ2) is 10.9. The van der Waals surface area contributed by atoms with E-state index in [-0.39, 0.29) is 5.57 Å². The van der Waals surface area contributed by atoms with Crippen molar-refractivity contribution in [2.24, 2.45) is 0 Å². The van der Waals surface area contributed by atoms with E-state index in [1.54, 1.807) is 48.5 Å². The van der Waals surface area contributed by atoms with Crippen molar-refractivity contribution < 1.29 is 23.9 Å². The highest BCUT2D eigenvalue weighted by molar-refractivity contribution is 6.39. The summed E-state index contributed by atoms with van der Waals surface area (Å²) in [6.07, 6.45) is 2.28. The summed E-state index contributed by atoms with van der Waals surface area (Å²) in [4.78, 5) is 38.7. The third-order valence-corrected chi connectivity index (χ3v) is 5.65. The summed E-state index contributed by atoms with van der Waals surface area (Å²) >= 11 is 6.06. The van der Waals surface area contributed by atoms with Crippen molar-refractivity contribution in [3.05, 3.63) is 94.5 Å². The molecule has 0 atom stereocenters. The molecule has 0 radical (unpaired) electrons. The van der Waals surface area contributed by atoms with Gasteiger partial charge in [0, 0.05) is 0 Å². The van der Waals surface area contributed by atoms with Crippen LogP contribution in [0.2, 0.25) is 5.02 Å². The van der Waals surface area contributed by atoms with Crippen LogP contribution in [-0.2, 0) is 16.0 Å². The predicted molar refractivity (Wildman–Crippen MR) is 134 cm³/mol. The van der Waals surface area contributed by atoms with Crippen molar-refractivity contribution in [3.63, 3.8) is 0 Å². The number of nitrogens with zero attached hydrogens (tertiary/aromatic N) is 1. The van der Waals surface area contributed by atoms with Gasteiger partial charge in [-0.2, -0.15) is 0 Å². The summed E-state index contributed by atoms with van der Waals surface area (Å²) in [7, 11) is 0. The van der Waals surface area contributed by atoms with Gasteiger partial charge in [-0.15, -0.1) is 0 Å². The number of hydrogen-bond acceptors (Lipinski definition) is 5. The average molecular weight is 491 g/mol. The lowest BCUT2D eigenvalue weighted by Gasteiger charge is -2.26. The smallest absolute Gasteiger partial charge is 0.335 e. The Bertz CT molecular complexity index is 1270. The summed E-state index contributed by atoms with van der Waals surface area (Å²) in [5.41, 5.74) is 1.94. The molecular weight excluding hydrogens is 468 g/mol. The molecule has 1 aliphatic rings. The molecule has 8 heteroatoms. The Morgan fingerprint density at radius 3 is 2.26 bits per heavy atom. The second-order valence-electron chi connectivity index (χ2n) is 7.67. The standard InChI is InChI=1S/C27H23ClN2O5/c1-2-18-7-11-20(12-8-18)30-26(32)22(25(31)29-27(30)33)17-19-9-13-21(14-10-19)34-15-16-35-24-6-4-3-5-23(24)28/h3-14,17H,2,15-16H2,1H3,(H,29,31,33)/b22-17-. The highest BCUT2D eigenvalue weighted by atomic mass is 35.5. The highest BCUT2D eigenvalue weighted by Crippen LogP contribution is 2.24. The van der Waals surface area contributed by atoms with Gasteiger partial charge in [0.05, 0.1) is 10.7 Å². The van der Waals surface area contributed by atoms with E-state index in [0.717, 1.165) is 16.9 Å². The Balaban J connectivity index is 1.41. The van der Waals surface area contributed by atoms with Gasteiger partial charge in [0.15, 0.2) is 0 Å². The number of aryl methyl sites for hydroxylation is 1. The maximum Gasteiger partial charge on any atom is 0.335 e. The first kappa shape index (κ1) is 24.0. The van der Waals surface area contributed by atoms with Gasteiger partial charge in [-0.3, -0.25) is 14.9 Å². The minimum Gasteiger partial charge on any atom is -0.490 e. The molecule has 178 valence electrons. The number of hydrogen-bond donors (Lipinski definition) is 1. The molecule has 35 heavy (non-hydrogen) atoms. The molecule has 0 spiro atoms. The zero-order chi connectivity index (χ0) is 24.8. The van der Waals surface area contributed by atoms with E-state index < -0.39 is 17.8 Å². The fourth-order valence-electron chi connectivity index (χ4n) is 3.47. The largest absolute Gasteiger partial charge is 0.490 e. The summed E-state index contributed by atoms with van der Waals surface area (Å²) < 4.78 is 11.3. The summed E-state index contributed by atoms with van der Waals surface area (Å²) in [6.45, 7) is 2.63. The van der Waals surface area contributed by atoms with Gasteiger partial charge in [-0.1, -0.05) is 54.9 Å². The van der Waals surface area contributed by atoms with Crippen LogP contribution in [0, 0.1) is 0 Å². The Morgan fingerprint density at radius 2 is 1.57 bits per heavy atom. The third-order valence-electron chi connectivity index (χ3n) is 5.34. The first-order valence-electron chi connectivity index (χ1n) is 11.1. The molecule has 0 aliphatic carbocycles. The zero-order valence-corrected chi connectivity index (χ0v) is 19.7. The molecule has 0 bridgehead atoms. The van der Waals surface area contributed by atoms with E-state index in [1.165, 1.54) is 6.08 Å². The van der Waals surface area contributed by atoms with Crippen molar-refractivity contribution >= 4 is 41.2 Å². The fraction of sp³-hybridized carbons (Fsp3) is 0.148. The number of anilines is 1. The van der Waals surface area contributed by atoms with Gasteiger partial charge >= 0.3 is 6.03 Å². The highest BCUT2D eigenvalue weighted by Gasteiger charge is 2.36. The van der Waals surface area contributed by atoms with Crippen molar-refractivity contribution in [2.75, 3.05) is 18.1 Å². The lowest BCUT2D eigenvalue weighted by Crippen LogP contribution is -2.54. The lowest BCUT2D eigenvalue weighted by atomic mass is 10.1. The van der Waals surface area contributed by atoms with Gasteiger partial charge in [0.2, 0.25) is 0 Å². The second-order valence-corrected chi connectivity index (χ2v) is 8.08. The SMILES string of the molecule is CCc1ccc(N2C(=O)NC(=O)/C(=C/c3ccc(OCCOc4ccccc4Cl)cc3)C2=O)cc1. The number of imide groups is 2. The number of urea groups is 1. The molecule has 1 saturated heterocycles.